The predicted molar refractivity (Wildman–Crippen MR) is 69.8 cm³/mol. The molecule has 0 spiro atoms. The van der Waals surface area contributed by atoms with E-state index in [0.29, 0.717) is 13.0 Å². The van der Waals surface area contributed by atoms with Gasteiger partial charge in [-0.2, -0.15) is 0 Å². The highest BCUT2D eigenvalue weighted by molar-refractivity contribution is 9.10. The minimum absolute atomic E-state index is 0.246. The quantitative estimate of drug-likeness (QED) is 0.851. The Hall–Kier alpha value is -0.870. The maximum atomic E-state index is 12.0. The van der Waals surface area contributed by atoms with Crippen LogP contribution in [0.5, 0.6) is 0 Å². The van der Waals surface area contributed by atoms with Gasteiger partial charge in [0.15, 0.2) is 0 Å². The molecule has 0 aromatic heterocycles. The van der Waals surface area contributed by atoms with Gasteiger partial charge in [0, 0.05) is 4.47 Å². The zero-order valence-corrected chi connectivity index (χ0v) is 11.7. The first-order valence-corrected chi connectivity index (χ1v) is 6.44. The van der Waals surface area contributed by atoms with E-state index in [1.807, 2.05) is 31.2 Å². The van der Waals surface area contributed by atoms with Crippen molar-refractivity contribution in [3.63, 3.8) is 0 Å². The minimum atomic E-state index is -0.948. The second-order valence-electron chi connectivity index (χ2n) is 3.82. The number of aliphatic hydroxyl groups excluding tert-OH is 1. The summed E-state index contributed by atoms with van der Waals surface area (Å²) in [6.07, 6.45) is 0.504. The van der Waals surface area contributed by atoms with Crippen molar-refractivity contribution in [1.82, 2.24) is 0 Å². The average molecular weight is 301 g/mol. The molecule has 0 saturated heterocycles. The molecular formula is C13H17BrO3. The fraction of sp³-hybridized carbons (Fsp3) is 0.462. The second-order valence-corrected chi connectivity index (χ2v) is 4.74. The number of benzene rings is 1. The third-order valence-corrected chi connectivity index (χ3v) is 3.47. The van der Waals surface area contributed by atoms with Crippen LogP contribution >= 0.6 is 15.9 Å². The molecule has 1 aromatic carbocycles. The van der Waals surface area contributed by atoms with Gasteiger partial charge >= 0.3 is 5.97 Å². The van der Waals surface area contributed by atoms with Gasteiger partial charge in [-0.15, -0.1) is 0 Å². The number of aliphatic hydroxyl groups is 1. The first-order valence-electron chi connectivity index (χ1n) is 5.64. The van der Waals surface area contributed by atoms with Crippen molar-refractivity contribution in [3.8, 4) is 0 Å². The Labute approximate surface area is 110 Å². The maximum Gasteiger partial charge on any atom is 0.318 e. The van der Waals surface area contributed by atoms with Crippen LogP contribution in [0.3, 0.4) is 0 Å². The molecule has 0 aliphatic rings. The fourth-order valence-electron chi connectivity index (χ4n) is 1.77. The first-order chi connectivity index (χ1) is 8.10. The van der Waals surface area contributed by atoms with Crippen LogP contribution in [0.4, 0.5) is 0 Å². The molecule has 1 atom stereocenters. The van der Waals surface area contributed by atoms with Gasteiger partial charge in [0.25, 0.3) is 0 Å². The molecule has 0 aliphatic carbocycles. The summed E-state index contributed by atoms with van der Waals surface area (Å²) in [6.45, 7) is 3.70. The Kier molecular flexibility index (Phi) is 5.15. The Bertz CT molecular complexity index is 369. The molecule has 0 heterocycles. The van der Waals surface area contributed by atoms with Crippen molar-refractivity contribution in [1.29, 1.82) is 0 Å². The number of halogens is 1. The highest BCUT2D eigenvalue weighted by Gasteiger charge is 2.39. The lowest BCUT2D eigenvalue weighted by Gasteiger charge is -2.28. The molecule has 0 saturated carbocycles. The number of esters is 1. The predicted octanol–water partition coefficient (Wildman–Crippen LogP) is 2.65. The Morgan fingerprint density at radius 1 is 1.35 bits per heavy atom. The average Bonchev–Trinajstić information content (AvgIpc) is 2.34. The SMILES string of the molecule is CCOC(=O)C(CC)(CO)c1ccc(Br)cc1. The summed E-state index contributed by atoms with van der Waals surface area (Å²) in [5.74, 6) is -0.368. The van der Waals surface area contributed by atoms with Crippen molar-refractivity contribution in [2.24, 2.45) is 0 Å². The van der Waals surface area contributed by atoms with Gasteiger partial charge in [0.2, 0.25) is 0 Å². The third-order valence-electron chi connectivity index (χ3n) is 2.94. The molecular weight excluding hydrogens is 284 g/mol. The molecule has 1 aromatic rings. The van der Waals surface area contributed by atoms with E-state index >= 15 is 0 Å². The Balaban J connectivity index is 3.14. The highest BCUT2D eigenvalue weighted by Crippen LogP contribution is 2.30. The summed E-state index contributed by atoms with van der Waals surface area (Å²) in [5, 5.41) is 9.58. The van der Waals surface area contributed by atoms with Crippen LogP contribution in [0.1, 0.15) is 25.8 Å². The minimum Gasteiger partial charge on any atom is -0.465 e. The lowest BCUT2D eigenvalue weighted by atomic mass is 9.79. The number of ether oxygens (including phenoxy) is 1. The number of carbonyl (C=O) groups is 1. The molecule has 0 bridgehead atoms. The van der Waals surface area contributed by atoms with E-state index in [-0.39, 0.29) is 12.6 Å². The molecule has 0 amide bonds. The molecule has 0 fully saturated rings. The monoisotopic (exact) mass is 300 g/mol. The topological polar surface area (TPSA) is 46.5 Å². The van der Waals surface area contributed by atoms with E-state index in [1.165, 1.54) is 0 Å². The van der Waals surface area contributed by atoms with Crippen LogP contribution in [0.2, 0.25) is 0 Å². The molecule has 4 heteroatoms. The van der Waals surface area contributed by atoms with Crippen molar-refractivity contribution in [3.05, 3.63) is 34.3 Å². The largest absolute Gasteiger partial charge is 0.465 e. The van der Waals surface area contributed by atoms with Crippen molar-refractivity contribution in [2.45, 2.75) is 25.7 Å². The number of carbonyl (C=O) groups excluding carboxylic acids is 1. The van der Waals surface area contributed by atoms with Crippen LogP contribution in [-0.4, -0.2) is 24.3 Å². The summed E-state index contributed by atoms with van der Waals surface area (Å²) in [7, 11) is 0. The van der Waals surface area contributed by atoms with E-state index in [9.17, 15) is 9.90 Å². The van der Waals surface area contributed by atoms with Gasteiger partial charge in [-0.3, -0.25) is 4.79 Å². The lowest BCUT2D eigenvalue weighted by Crippen LogP contribution is -2.40. The molecule has 3 nitrogen and oxygen atoms in total. The zero-order valence-electron chi connectivity index (χ0n) is 10.1. The van der Waals surface area contributed by atoms with Crippen LogP contribution < -0.4 is 0 Å². The normalized spacial score (nSPS) is 14.1. The number of hydrogen-bond donors (Lipinski definition) is 1. The van der Waals surface area contributed by atoms with E-state index < -0.39 is 5.41 Å². The molecule has 94 valence electrons. The number of hydrogen-bond acceptors (Lipinski definition) is 3. The van der Waals surface area contributed by atoms with Gasteiger partial charge in [0.1, 0.15) is 5.41 Å². The molecule has 1 N–H and O–H groups in total. The molecule has 0 aliphatic heterocycles. The summed E-state index contributed by atoms with van der Waals surface area (Å²) in [5.41, 5.74) is -0.166. The van der Waals surface area contributed by atoms with E-state index in [0.717, 1.165) is 10.0 Å². The Morgan fingerprint density at radius 3 is 2.35 bits per heavy atom. The maximum absolute atomic E-state index is 12.0. The second kappa shape index (κ2) is 6.17. The third kappa shape index (κ3) is 2.87. The van der Waals surface area contributed by atoms with Crippen molar-refractivity contribution < 1.29 is 14.6 Å². The van der Waals surface area contributed by atoms with Crippen molar-refractivity contribution >= 4 is 21.9 Å². The summed E-state index contributed by atoms with van der Waals surface area (Å²) < 4.78 is 6.00. The van der Waals surface area contributed by atoms with Crippen molar-refractivity contribution in [2.75, 3.05) is 13.2 Å². The number of rotatable bonds is 5. The van der Waals surface area contributed by atoms with E-state index in [1.54, 1.807) is 6.92 Å². The molecule has 1 unspecified atom stereocenters. The smallest absolute Gasteiger partial charge is 0.318 e. The van der Waals surface area contributed by atoms with Gasteiger partial charge < -0.3 is 9.84 Å². The summed E-state index contributed by atoms with van der Waals surface area (Å²) >= 11 is 3.35. The van der Waals surface area contributed by atoms with Gasteiger partial charge in [0.05, 0.1) is 13.2 Å². The molecule has 1 rings (SSSR count). The highest BCUT2D eigenvalue weighted by atomic mass is 79.9. The van der Waals surface area contributed by atoms with Crippen LogP contribution in [0.15, 0.2) is 28.7 Å². The molecule has 0 radical (unpaired) electrons. The summed E-state index contributed by atoms with van der Waals surface area (Å²) in [6, 6.07) is 7.38. The lowest BCUT2D eigenvalue weighted by molar-refractivity contribution is -0.152. The van der Waals surface area contributed by atoms with Gasteiger partial charge in [-0.25, -0.2) is 0 Å². The summed E-state index contributed by atoms with van der Waals surface area (Å²) in [4.78, 5) is 12.0. The van der Waals surface area contributed by atoms with Crippen LogP contribution in [0, 0.1) is 0 Å². The fourth-order valence-corrected chi connectivity index (χ4v) is 2.04. The standard InChI is InChI=1S/C13H17BrO3/c1-3-13(9-15,12(16)17-4-2)10-5-7-11(14)8-6-10/h5-8,15H,3-4,9H2,1-2H3. The Morgan fingerprint density at radius 2 is 1.94 bits per heavy atom. The van der Waals surface area contributed by atoms with Gasteiger partial charge in [-0.05, 0) is 31.0 Å². The van der Waals surface area contributed by atoms with E-state index in [4.69, 9.17) is 4.74 Å². The van der Waals surface area contributed by atoms with Crippen LogP contribution in [0.25, 0.3) is 0 Å². The first kappa shape index (κ1) is 14.2. The molecule has 17 heavy (non-hydrogen) atoms. The van der Waals surface area contributed by atoms with E-state index in [2.05, 4.69) is 15.9 Å². The zero-order chi connectivity index (χ0) is 12.9. The van der Waals surface area contributed by atoms with Gasteiger partial charge in [-0.1, -0.05) is 35.0 Å². The van der Waals surface area contributed by atoms with Crippen LogP contribution in [-0.2, 0) is 14.9 Å².